The highest BCUT2D eigenvalue weighted by molar-refractivity contribution is 6.29. The number of carboxylic acids is 1. The summed E-state index contributed by atoms with van der Waals surface area (Å²) >= 11 is 6.15. The molecule has 1 aliphatic carbocycles. The van der Waals surface area contributed by atoms with E-state index < -0.39 is 5.97 Å². The monoisotopic (exact) mass is 412 g/mol. The van der Waals surface area contributed by atoms with Gasteiger partial charge in [-0.15, -0.1) is 0 Å². The first-order chi connectivity index (χ1) is 13.9. The van der Waals surface area contributed by atoms with Gasteiger partial charge in [-0.2, -0.15) is 0 Å². The van der Waals surface area contributed by atoms with Crippen molar-refractivity contribution in [2.45, 2.75) is 52.1 Å². The van der Waals surface area contributed by atoms with E-state index in [9.17, 15) is 4.79 Å². The van der Waals surface area contributed by atoms with E-state index in [2.05, 4.69) is 44.1 Å². The summed E-state index contributed by atoms with van der Waals surface area (Å²) in [5.41, 5.74) is 4.95. The summed E-state index contributed by atoms with van der Waals surface area (Å²) in [5.74, 6) is 0.0609. The molecule has 0 spiro atoms. The number of aryl methyl sites for hydroxylation is 2. The first-order valence-electron chi connectivity index (χ1n) is 9.99. The maximum atomic E-state index is 11.1. The van der Waals surface area contributed by atoms with E-state index in [-0.39, 0.29) is 5.92 Å². The summed E-state index contributed by atoms with van der Waals surface area (Å²) in [6.45, 7) is 4.66. The number of nitrogens with zero attached hydrogens (tertiary/aromatic N) is 3. The van der Waals surface area contributed by atoms with E-state index in [1.807, 2.05) is 19.9 Å². The molecule has 0 radical (unpaired) electrons. The van der Waals surface area contributed by atoms with Crippen LogP contribution in [-0.2, 0) is 11.3 Å². The SMILES string of the molecule is Cc1cc(Cl)nc2c1nc(C)n2Cc1ccc(N[C@H]2CC[C@H](C(=O)O)CC2)cc1. The second-order valence-corrected chi connectivity index (χ2v) is 8.29. The van der Waals surface area contributed by atoms with Crippen LogP contribution < -0.4 is 5.32 Å². The van der Waals surface area contributed by atoms with Crippen molar-refractivity contribution >= 4 is 34.4 Å². The summed E-state index contributed by atoms with van der Waals surface area (Å²) in [4.78, 5) is 20.2. The van der Waals surface area contributed by atoms with Gasteiger partial charge in [-0.25, -0.2) is 9.97 Å². The van der Waals surface area contributed by atoms with Crippen LogP contribution in [0.5, 0.6) is 0 Å². The molecule has 0 aliphatic heterocycles. The number of aromatic nitrogens is 3. The van der Waals surface area contributed by atoms with E-state index in [1.54, 1.807) is 0 Å². The molecule has 0 amide bonds. The van der Waals surface area contributed by atoms with Gasteiger partial charge in [0.25, 0.3) is 0 Å². The number of imidazole rings is 1. The highest BCUT2D eigenvalue weighted by Crippen LogP contribution is 2.27. The molecule has 2 heterocycles. The molecule has 0 bridgehead atoms. The molecule has 4 rings (SSSR count). The second-order valence-electron chi connectivity index (χ2n) is 7.91. The number of benzene rings is 1. The Labute approximate surface area is 174 Å². The van der Waals surface area contributed by atoms with Gasteiger partial charge in [0.1, 0.15) is 16.5 Å². The molecule has 3 aromatic rings. The van der Waals surface area contributed by atoms with Crippen molar-refractivity contribution in [3.63, 3.8) is 0 Å². The lowest BCUT2D eigenvalue weighted by Gasteiger charge is -2.27. The average molecular weight is 413 g/mol. The van der Waals surface area contributed by atoms with Crippen molar-refractivity contribution in [3.8, 4) is 0 Å². The number of hydrogen-bond acceptors (Lipinski definition) is 4. The molecule has 1 saturated carbocycles. The summed E-state index contributed by atoms with van der Waals surface area (Å²) in [6.07, 6.45) is 3.27. The van der Waals surface area contributed by atoms with Gasteiger partial charge in [-0.05, 0) is 68.9 Å². The summed E-state index contributed by atoms with van der Waals surface area (Å²) in [6, 6.07) is 10.6. The Morgan fingerprint density at radius 2 is 1.86 bits per heavy atom. The zero-order valence-corrected chi connectivity index (χ0v) is 17.4. The molecular formula is C22H25ClN4O2. The normalized spacial score (nSPS) is 19.4. The molecule has 0 atom stereocenters. The van der Waals surface area contributed by atoms with E-state index in [0.29, 0.717) is 17.7 Å². The largest absolute Gasteiger partial charge is 0.481 e. The minimum Gasteiger partial charge on any atom is -0.481 e. The van der Waals surface area contributed by atoms with Crippen LogP contribution in [0.25, 0.3) is 11.2 Å². The number of anilines is 1. The van der Waals surface area contributed by atoms with Crippen LogP contribution in [0.15, 0.2) is 30.3 Å². The van der Waals surface area contributed by atoms with Crippen molar-refractivity contribution in [3.05, 3.63) is 52.4 Å². The Morgan fingerprint density at radius 3 is 2.52 bits per heavy atom. The van der Waals surface area contributed by atoms with Gasteiger partial charge in [-0.3, -0.25) is 4.79 Å². The van der Waals surface area contributed by atoms with Crippen molar-refractivity contribution in [1.82, 2.24) is 14.5 Å². The number of fused-ring (bicyclic) bond motifs is 1. The van der Waals surface area contributed by atoms with Crippen LogP contribution in [-0.4, -0.2) is 31.7 Å². The van der Waals surface area contributed by atoms with Gasteiger partial charge >= 0.3 is 5.97 Å². The van der Waals surface area contributed by atoms with Gasteiger partial charge in [-0.1, -0.05) is 23.7 Å². The van der Waals surface area contributed by atoms with Gasteiger partial charge in [0, 0.05) is 11.7 Å². The quantitative estimate of drug-likeness (QED) is 0.588. The molecule has 1 fully saturated rings. The molecule has 7 heteroatoms. The zero-order valence-electron chi connectivity index (χ0n) is 16.7. The molecule has 6 nitrogen and oxygen atoms in total. The smallest absolute Gasteiger partial charge is 0.306 e. The van der Waals surface area contributed by atoms with Crippen LogP contribution in [0.2, 0.25) is 5.15 Å². The topological polar surface area (TPSA) is 80.0 Å². The highest BCUT2D eigenvalue weighted by Gasteiger charge is 2.25. The van der Waals surface area contributed by atoms with Gasteiger partial charge in [0.05, 0.1) is 12.5 Å². The van der Waals surface area contributed by atoms with Gasteiger partial charge in [0.15, 0.2) is 5.65 Å². The van der Waals surface area contributed by atoms with Crippen LogP contribution in [0, 0.1) is 19.8 Å². The maximum absolute atomic E-state index is 11.1. The molecule has 29 heavy (non-hydrogen) atoms. The lowest BCUT2D eigenvalue weighted by Crippen LogP contribution is -2.29. The molecular weight excluding hydrogens is 388 g/mol. The third-order valence-electron chi connectivity index (χ3n) is 5.80. The Hall–Kier alpha value is -2.60. The van der Waals surface area contributed by atoms with Crippen LogP contribution in [0.3, 0.4) is 0 Å². The Bertz CT molecular complexity index is 1040. The predicted octanol–water partition coefficient (Wildman–Crippen LogP) is 4.81. The predicted molar refractivity (Wildman–Crippen MR) is 115 cm³/mol. The third-order valence-corrected chi connectivity index (χ3v) is 5.99. The molecule has 0 saturated heterocycles. The van der Waals surface area contributed by atoms with Crippen LogP contribution in [0.4, 0.5) is 5.69 Å². The Kier molecular flexibility index (Phi) is 5.46. The number of carboxylic acid groups (broad SMARTS) is 1. The fraction of sp³-hybridized carbons (Fsp3) is 0.409. The zero-order chi connectivity index (χ0) is 20.5. The standard InChI is InChI=1S/C22H25ClN4O2/c1-13-11-19(23)26-21-20(13)24-14(2)27(21)12-15-3-7-17(8-4-15)25-18-9-5-16(6-10-18)22(28)29/h3-4,7-8,11,16,18,25H,5-6,9-10,12H2,1-2H3,(H,28,29)/t16-,18-. The van der Waals surface area contributed by atoms with E-state index in [1.165, 1.54) is 0 Å². The number of halogens is 1. The molecule has 0 unspecified atom stereocenters. The van der Waals surface area contributed by atoms with Gasteiger partial charge < -0.3 is 15.0 Å². The summed E-state index contributed by atoms with van der Waals surface area (Å²) in [7, 11) is 0. The van der Waals surface area contributed by atoms with Crippen molar-refractivity contribution < 1.29 is 9.90 Å². The maximum Gasteiger partial charge on any atom is 0.306 e. The van der Waals surface area contributed by atoms with E-state index >= 15 is 0 Å². The van der Waals surface area contributed by atoms with Crippen molar-refractivity contribution in [2.24, 2.45) is 5.92 Å². The van der Waals surface area contributed by atoms with Gasteiger partial charge in [0.2, 0.25) is 0 Å². The van der Waals surface area contributed by atoms with Crippen LogP contribution in [0.1, 0.15) is 42.6 Å². The fourth-order valence-corrected chi connectivity index (χ4v) is 4.35. The number of rotatable bonds is 5. The lowest BCUT2D eigenvalue weighted by molar-refractivity contribution is -0.142. The Morgan fingerprint density at radius 1 is 1.17 bits per heavy atom. The number of carbonyl (C=O) groups is 1. The minimum absolute atomic E-state index is 0.186. The summed E-state index contributed by atoms with van der Waals surface area (Å²) in [5, 5.41) is 13.1. The second kappa shape index (κ2) is 8.03. The van der Waals surface area contributed by atoms with Crippen molar-refractivity contribution in [1.29, 1.82) is 0 Å². The first-order valence-corrected chi connectivity index (χ1v) is 10.4. The van der Waals surface area contributed by atoms with Crippen LogP contribution >= 0.6 is 11.6 Å². The molecule has 2 N–H and O–H groups in total. The number of pyridine rings is 1. The van der Waals surface area contributed by atoms with E-state index in [0.717, 1.165) is 59.5 Å². The molecule has 1 aromatic carbocycles. The third kappa shape index (κ3) is 4.22. The highest BCUT2D eigenvalue weighted by atomic mass is 35.5. The number of nitrogens with one attached hydrogen (secondary N) is 1. The minimum atomic E-state index is -0.666. The number of hydrogen-bond donors (Lipinski definition) is 2. The molecule has 1 aliphatic rings. The lowest BCUT2D eigenvalue weighted by atomic mass is 9.86. The summed E-state index contributed by atoms with van der Waals surface area (Å²) < 4.78 is 2.09. The fourth-order valence-electron chi connectivity index (χ4n) is 4.11. The average Bonchev–Trinajstić information content (AvgIpc) is 3.00. The Balaban J connectivity index is 1.45. The number of aliphatic carboxylic acids is 1. The van der Waals surface area contributed by atoms with Crippen molar-refractivity contribution in [2.75, 3.05) is 5.32 Å². The molecule has 152 valence electrons. The first kappa shape index (κ1) is 19.7. The molecule has 2 aromatic heterocycles. The van der Waals surface area contributed by atoms with E-state index in [4.69, 9.17) is 16.7 Å².